The lowest BCUT2D eigenvalue weighted by atomic mass is 10.1. The minimum absolute atomic E-state index is 0.0211. The molecule has 1 aromatic carbocycles. The number of rotatable bonds is 4. The summed E-state index contributed by atoms with van der Waals surface area (Å²) in [6.07, 6.45) is 0. The Labute approximate surface area is 124 Å². The van der Waals surface area contributed by atoms with Crippen molar-refractivity contribution in [3.05, 3.63) is 41.3 Å². The normalized spacial score (nSPS) is 13.1. The Balaban J connectivity index is 2.39. The summed E-state index contributed by atoms with van der Waals surface area (Å²) >= 11 is 0. The SMILES string of the molecule is Cc1ccc(C(C)Nc2cc(N)cc(S(N)(=O)=O)c2C)o1. The van der Waals surface area contributed by atoms with Gasteiger partial charge in [-0.1, -0.05) is 0 Å². The molecule has 2 rings (SSSR count). The zero-order valence-corrected chi connectivity index (χ0v) is 13.0. The van der Waals surface area contributed by atoms with Crippen LogP contribution >= 0.6 is 0 Å². The molecule has 0 saturated heterocycles. The molecule has 0 aliphatic carbocycles. The van der Waals surface area contributed by atoms with Crippen molar-refractivity contribution >= 4 is 21.4 Å². The third-order valence-corrected chi connectivity index (χ3v) is 4.29. The van der Waals surface area contributed by atoms with Crippen LogP contribution in [0.1, 0.15) is 30.0 Å². The molecule has 1 unspecified atom stereocenters. The van der Waals surface area contributed by atoms with Gasteiger partial charge in [-0.3, -0.25) is 0 Å². The third kappa shape index (κ3) is 3.37. The number of aryl methyl sites for hydroxylation is 1. The summed E-state index contributed by atoms with van der Waals surface area (Å²) in [4.78, 5) is 0.0211. The molecule has 0 aliphatic heterocycles. The van der Waals surface area contributed by atoms with E-state index in [1.54, 1.807) is 13.0 Å². The Morgan fingerprint density at radius 1 is 1.24 bits per heavy atom. The van der Waals surface area contributed by atoms with Crippen LogP contribution in [-0.4, -0.2) is 8.42 Å². The quantitative estimate of drug-likeness (QED) is 0.750. The van der Waals surface area contributed by atoms with Gasteiger partial charge in [0.2, 0.25) is 10.0 Å². The van der Waals surface area contributed by atoms with Gasteiger partial charge in [0, 0.05) is 11.4 Å². The molecule has 0 radical (unpaired) electrons. The lowest BCUT2D eigenvalue weighted by molar-refractivity contribution is 0.467. The van der Waals surface area contributed by atoms with E-state index in [2.05, 4.69) is 5.32 Å². The fourth-order valence-electron chi connectivity index (χ4n) is 2.14. The molecule has 1 aromatic heterocycles. The molecule has 0 spiro atoms. The van der Waals surface area contributed by atoms with Crippen molar-refractivity contribution in [3.8, 4) is 0 Å². The second-order valence-electron chi connectivity index (χ2n) is 5.05. The molecule has 0 bridgehead atoms. The van der Waals surface area contributed by atoms with Crippen molar-refractivity contribution in [2.24, 2.45) is 5.14 Å². The summed E-state index contributed by atoms with van der Waals surface area (Å²) in [5.74, 6) is 1.57. The van der Waals surface area contributed by atoms with Gasteiger partial charge in [-0.2, -0.15) is 0 Å². The van der Waals surface area contributed by atoms with E-state index in [9.17, 15) is 8.42 Å². The number of primary sulfonamides is 1. The van der Waals surface area contributed by atoms with Crippen molar-refractivity contribution in [2.75, 3.05) is 11.1 Å². The minimum Gasteiger partial charge on any atom is -0.464 e. The number of sulfonamides is 1. The molecule has 21 heavy (non-hydrogen) atoms. The van der Waals surface area contributed by atoms with Crippen LogP contribution in [0.25, 0.3) is 0 Å². The van der Waals surface area contributed by atoms with Crippen LogP contribution in [-0.2, 0) is 10.0 Å². The fraction of sp³-hybridized carbons (Fsp3) is 0.286. The van der Waals surface area contributed by atoms with E-state index in [4.69, 9.17) is 15.3 Å². The van der Waals surface area contributed by atoms with E-state index in [0.29, 0.717) is 16.9 Å². The number of hydrogen-bond donors (Lipinski definition) is 3. The van der Waals surface area contributed by atoms with Gasteiger partial charge in [0.25, 0.3) is 0 Å². The second kappa shape index (κ2) is 5.42. The van der Waals surface area contributed by atoms with Crippen molar-refractivity contribution in [3.63, 3.8) is 0 Å². The predicted molar refractivity (Wildman–Crippen MR) is 82.4 cm³/mol. The largest absolute Gasteiger partial charge is 0.464 e. The Kier molecular flexibility index (Phi) is 3.97. The first kappa shape index (κ1) is 15.4. The zero-order valence-electron chi connectivity index (χ0n) is 12.2. The third-order valence-electron chi connectivity index (χ3n) is 3.25. The highest BCUT2D eigenvalue weighted by atomic mass is 32.2. The molecular formula is C14H19N3O3S. The highest BCUT2D eigenvalue weighted by molar-refractivity contribution is 7.89. The van der Waals surface area contributed by atoms with E-state index in [0.717, 1.165) is 11.5 Å². The van der Waals surface area contributed by atoms with Gasteiger partial charge < -0.3 is 15.5 Å². The van der Waals surface area contributed by atoms with Gasteiger partial charge in [-0.05, 0) is 50.6 Å². The standard InChI is InChI=1S/C14H19N3O3S/c1-8-4-5-13(20-8)10(3)17-12-6-11(15)7-14(9(12)2)21(16,18)19/h4-7,10,17H,15H2,1-3H3,(H2,16,18,19). The predicted octanol–water partition coefficient (Wildman–Crippen LogP) is 2.30. The Morgan fingerprint density at radius 2 is 1.90 bits per heavy atom. The van der Waals surface area contributed by atoms with E-state index in [-0.39, 0.29) is 10.9 Å². The minimum atomic E-state index is -3.82. The summed E-state index contributed by atoms with van der Waals surface area (Å²) in [5, 5.41) is 8.41. The molecule has 5 N–H and O–H groups in total. The molecule has 0 aliphatic rings. The second-order valence-corrected chi connectivity index (χ2v) is 6.58. The number of nitrogens with one attached hydrogen (secondary N) is 1. The fourth-order valence-corrected chi connectivity index (χ4v) is 2.98. The zero-order chi connectivity index (χ0) is 15.8. The number of hydrogen-bond acceptors (Lipinski definition) is 5. The number of anilines is 2. The van der Waals surface area contributed by atoms with Gasteiger partial charge in [0.15, 0.2) is 0 Å². The molecule has 2 aromatic rings. The number of benzene rings is 1. The van der Waals surface area contributed by atoms with Crippen LogP contribution in [0.2, 0.25) is 0 Å². The molecule has 0 saturated carbocycles. The van der Waals surface area contributed by atoms with Crippen LogP contribution in [0.5, 0.6) is 0 Å². The van der Waals surface area contributed by atoms with Gasteiger partial charge in [0.05, 0.1) is 10.9 Å². The average molecular weight is 309 g/mol. The molecule has 1 heterocycles. The van der Waals surface area contributed by atoms with Crippen molar-refractivity contribution in [1.29, 1.82) is 0 Å². The number of nitrogen functional groups attached to an aromatic ring is 1. The maximum absolute atomic E-state index is 11.6. The van der Waals surface area contributed by atoms with Gasteiger partial charge in [0.1, 0.15) is 11.5 Å². The van der Waals surface area contributed by atoms with Gasteiger partial charge in [-0.25, -0.2) is 13.6 Å². The maximum atomic E-state index is 11.6. The Bertz CT molecular complexity index is 766. The smallest absolute Gasteiger partial charge is 0.238 e. The van der Waals surface area contributed by atoms with Crippen LogP contribution < -0.4 is 16.2 Å². The van der Waals surface area contributed by atoms with Crippen LogP contribution in [0.15, 0.2) is 33.6 Å². The van der Waals surface area contributed by atoms with E-state index in [1.807, 2.05) is 26.0 Å². The Hall–Kier alpha value is -1.99. The average Bonchev–Trinajstić information content (AvgIpc) is 2.78. The van der Waals surface area contributed by atoms with E-state index < -0.39 is 10.0 Å². The van der Waals surface area contributed by atoms with E-state index in [1.165, 1.54) is 6.07 Å². The van der Waals surface area contributed by atoms with Crippen molar-refractivity contribution in [1.82, 2.24) is 0 Å². The topological polar surface area (TPSA) is 111 Å². The molecule has 0 fully saturated rings. The van der Waals surface area contributed by atoms with Crippen LogP contribution in [0, 0.1) is 13.8 Å². The summed E-state index contributed by atoms with van der Waals surface area (Å²) in [7, 11) is -3.82. The molecule has 1 atom stereocenters. The molecule has 0 amide bonds. The van der Waals surface area contributed by atoms with Crippen molar-refractivity contribution < 1.29 is 12.8 Å². The summed E-state index contributed by atoms with van der Waals surface area (Å²) in [5.41, 5.74) is 7.23. The first-order valence-electron chi connectivity index (χ1n) is 6.44. The first-order chi connectivity index (χ1) is 9.68. The Morgan fingerprint density at radius 3 is 2.43 bits per heavy atom. The molecule has 7 heteroatoms. The van der Waals surface area contributed by atoms with E-state index >= 15 is 0 Å². The van der Waals surface area contributed by atoms with Gasteiger partial charge in [-0.15, -0.1) is 0 Å². The maximum Gasteiger partial charge on any atom is 0.238 e. The highest BCUT2D eigenvalue weighted by Gasteiger charge is 2.17. The van der Waals surface area contributed by atoms with Crippen LogP contribution in [0.4, 0.5) is 11.4 Å². The lowest BCUT2D eigenvalue weighted by Crippen LogP contribution is -2.16. The first-order valence-corrected chi connectivity index (χ1v) is 7.99. The lowest BCUT2D eigenvalue weighted by Gasteiger charge is -2.17. The monoisotopic (exact) mass is 309 g/mol. The number of nitrogens with two attached hydrogens (primary N) is 2. The highest BCUT2D eigenvalue weighted by Crippen LogP contribution is 2.29. The summed E-state index contributed by atoms with van der Waals surface area (Å²) in [6.45, 7) is 5.46. The molecule has 6 nitrogen and oxygen atoms in total. The van der Waals surface area contributed by atoms with Gasteiger partial charge >= 0.3 is 0 Å². The molecule has 114 valence electrons. The summed E-state index contributed by atoms with van der Waals surface area (Å²) in [6, 6.07) is 6.64. The number of furan rings is 1. The summed E-state index contributed by atoms with van der Waals surface area (Å²) < 4.78 is 28.7. The molecular weight excluding hydrogens is 290 g/mol. The van der Waals surface area contributed by atoms with Crippen LogP contribution in [0.3, 0.4) is 0 Å². The van der Waals surface area contributed by atoms with Crippen molar-refractivity contribution in [2.45, 2.75) is 31.7 Å².